The minimum atomic E-state index is -0.0748. The Hall–Kier alpha value is -2.10. The van der Waals surface area contributed by atoms with E-state index in [0.717, 1.165) is 5.57 Å². The minimum Gasteiger partial charge on any atom is -0.484 e. The van der Waals surface area contributed by atoms with Gasteiger partial charge in [-0.1, -0.05) is 19.1 Å². The molecule has 0 aliphatic carbocycles. The van der Waals surface area contributed by atoms with E-state index in [1.807, 2.05) is 20.8 Å². The first kappa shape index (κ1) is 17.0. The summed E-state index contributed by atoms with van der Waals surface area (Å²) in [5.41, 5.74) is 1.60. The number of ketones is 1. The Morgan fingerprint density at radius 1 is 1.19 bits per heavy atom. The van der Waals surface area contributed by atoms with Gasteiger partial charge >= 0.3 is 0 Å². The maximum absolute atomic E-state index is 12.0. The molecule has 0 fully saturated rings. The summed E-state index contributed by atoms with van der Waals surface area (Å²) >= 11 is 0. The summed E-state index contributed by atoms with van der Waals surface area (Å²) in [7, 11) is 0. The van der Waals surface area contributed by atoms with Crippen molar-refractivity contribution in [2.75, 3.05) is 19.7 Å². The summed E-state index contributed by atoms with van der Waals surface area (Å²) in [6, 6.07) is 6.87. The van der Waals surface area contributed by atoms with Crippen molar-refractivity contribution < 1.29 is 14.3 Å². The van der Waals surface area contributed by atoms with Crippen molar-refractivity contribution in [2.24, 2.45) is 0 Å². The topological polar surface area (TPSA) is 46.6 Å². The predicted octanol–water partition coefficient (Wildman–Crippen LogP) is 3.08. The molecule has 1 aromatic rings. The molecule has 4 nitrogen and oxygen atoms in total. The molecule has 21 heavy (non-hydrogen) atoms. The highest BCUT2D eigenvalue weighted by Crippen LogP contribution is 2.13. The molecule has 1 amide bonds. The fourth-order valence-corrected chi connectivity index (χ4v) is 1.88. The van der Waals surface area contributed by atoms with Crippen LogP contribution in [0.5, 0.6) is 5.75 Å². The molecule has 0 radical (unpaired) electrons. The average molecular weight is 289 g/mol. The van der Waals surface area contributed by atoms with Crippen molar-refractivity contribution >= 4 is 11.7 Å². The molecule has 0 heterocycles. The second kappa shape index (κ2) is 8.25. The Labute approximate surface area is 126 Å². The molecule has 0 atom stereocenters. The molecule has 1 aromatic carbocycles. The molecule has 0 saturated carbocycles. The van der Waals surface area contributed by atoms with Gasteiger partial charge in [-0.25, -0.2) is 0 Å². The zero-order valence-electron chi connectivity index (χ0n) is 13.0. The lowest BCUT2D eigenvalue weighted by molar-refractivity contribution is -0.132. The minimum absolute atomic E-state index is 0.0117. The maximum atomic E-state index is 12.0. The van der Waals surface area contributed by atoms with Gasteiger partial charge in [0.25, 0.3) is 5.91 Å². The lowest BCUT2D eigenvalue weighted by Gasteiger charge is -2.21. The second-order valence-corrected chi connectivity index (χ2v) is 4.95. The summed E-state index contributed by atoms with van der Waals surface area (Å²) in [4.78, 5) is 25.2. The van der Waals surface area contributed by atoms with Gasteiger partial charge in [-0.2, -0.15) is 0 Å². The maximum Gasteiger partial charge on any atom is 0.260 e. The summed E-state index contributed by atoms with van der Waals surface area (Å²) < 4.78 is 5.47. The van der Waals surface area contributed by atoms with E-state index in [1.54, 1.807) is 29.2 Å². The number of amides is 1. The number of nitrogens with zero attached hydrogens (tertiary/aromatic N) is 1. The van der Waals surface area contributed by atoms with Crippen LogP contribution in [0, 0.1) is 0 Å². The van der Waals surface area contributed by atoms with Gasteiger partial charge in [-0.05, 0) is 38.1 Å². The molecule has 114 valence electrons. The highest BCUT2D eigenvalue weighted by Gasteiger charge is 2.12. The molecule has 0 aromatic heterocycles. The third-order valence-electron chi connectivity index (χ3n) is 3.05. The number of rotatable bonds is 8. The molecule has 0 spiro atoms. The molecule has 0 aliphatic rings. The Morgan fingerprint density at radius 2 is 1.81 bits per heavy atom. The van der Waals surface area contributed by atoms with E-state index in [2.05, 4.69) is 6.58 Å². The van der Waals surface area contributed by atoms with Crippen LogP contribution in [0.3, 0.4) is 0 Å². The summed E-state index contributed by atoms with van der Waals surface area (Å²) in [5.74, 6) is 0.604. The van der Waals surface area contributed by atoms with Crippen LogP contribution in [-0.2, 0) is 4.79 Å². The van der Waals surface area contributed by atoms with Crippen molar-refractivity contribution in [3.05, 3.63) is 42.0 Å². The van der Waals surface area contributed by atoms with Crippen LogP contribution >= 0.6 is 0 Å². The number of hydrogen-bond donors (Lipinski definition) is 0. The first-order chi connectivity index (χ1) is 9.97. The number of Topliss-reactive ketones (excluding diaryl/α,β-unsaturated/α-hetero) is 1. The molecule has 0 aliphatic heterocycles. The fraction of sp³-hybridized carbons (Fsp3) is 0.412. The molecule has 4 heteroatoms. The molecule has 0 saturated heterocycles. The standard InChI is InChI=1S/C17H23NO3/c1-5-16(19)14-7-9-15(10-8-14)21-12-17(20)18(6-2)11-13(3)4/h7-10H,3,5-6,11-12H2,1-2,4H3. The summed E-state index contributed by atoms with van der Waals surface area (Å²) in [6.45, 7) is 10.6. The van der Waals surface area contributed by atoms with Crippen LogP contribution in [0.4, 0.5) is 0 Å². The normalized spacial score (nSPS) is 10.0. The molecule has 0 unspecified atom stereocenters. The smallest absolute Gasteiger partial charge is 0.260 e. The van der Waals surface area contributed by atoms with Crippen LogP contribution in [0.1, 0.15) is 37.6 Å². The van der Waals surface area contributed by atoms with Gasteiger partial charge in [0.2, 0.25) is 0 Å². The fourth-order valence-electron chi connectivity index (χ4n) is 1.88. The average Bonchev–Trinajstić information content (AvgIpc) is 2.49. The van der Waals surface area contributed by atoms with Gasteiger partial charge in [0.15, 0.2) is 12.4 Å². The third kappa shape index (κ3) is 5.42. The van der Waals surface area contributed by atoms with E-state index in [1.165, 1.54) is 0 Å². The van der Waals surface area contributed by atoms with E-state index in [-0.39, 0.29) is 18.3 Å². The largest absolute Gasteiger partial charge is 0.484 e. The number of benzene rings is 1. The van der Waals surface area contributed by atoms with E-state index >= 15 is 0 Å². The van der Waals surface area contributed by atoms with Crippen LogP contribution in [0.25, 0.3) is 0 Å². The van der Waals surface area contributed by atoms with Gasteiger partial charge in [0.05, 0.1) is 0 Å². The van der Waals surface area contributed by atoms with Crippen molar-refractivity contribution in [3.63, 3.8) is 0 Å². The van der Waals surface area contributed by atoms with E-state index in [0.29, 0.717) is 30.8 Å². The van der Waals surface area contributed by atoms with Crippen LogP contribution < -0.4 is 4.74 Å². The van der Waals surface area contributed by atoms with Crippen molar-refractivity contribution in [1.82, 2.24) is 4.90 Å². The number of hydrogen-bond acceptors (Lipinski definition) is 3. The van der Waals surface area contributed by atoms with Crippen LogP contribution in [0.15, 0.2) is 36.4 Å². The third-order valence-corrected chi connectivity index (χ3v) is 3.05. The van der Waals surface area contributed by atoms with Crippen molar-refractivity contribution in [1.29, 1.82) is 0 Å². The number of ether oxygens (including phenoxy) is 1. The van der Waals surface area contributed by atoms with Crippen molar-refractivity contribution in [2.45, 2.75) is 27.2 Å². The Bertz CT molecular complexity index is 505. The first-order valence-electron chi connectivity index (χ1n) is 7.16. The van der Waals surface area contributed by atoms with Crippen molar-refractivity contribution in [3.8, 4) is 5.75 Å². The van der Waals surface area contributed by atoms with E-state index in [9.17, 15) is 9.59 Å². The van der Waals surface area contributed by atoms with Crippen LogP contribution in [-0.4, -0.2) is 36.3 Å². The predicted molar refractivity (Wildman–Crippen MR) is 83.6 cm³/mol. The molecule has 0 N–H and O–H groups in total. The number of likely N-dealkylation sites (N-methyl/N-ethyl adjacent to an activating group) is 1. The summed E-state index contributed by atoms with van der Waals surface area (Å²) in [5, 5.41) is 0. The SMILES string of the molecule is C=C(C)CN(CC)C(=O)COc1ccc(C(=O)CC)cc1. The lowest BCUT2D eigenvalue weighted by Crippen LogP contribution is -2.35. The zero-order chi connectivity index (χ0) is 15.8. The van der Waals surface area contributed by atoms with Gasteiger partial charge < -0.3 is 9.64 Å². The highest BCUT2D eigenvalue weighted by atomic mass is 16.5. The van der Waals surface area contributed by atoms with E-state index < -0.39 is 0 Å². The number of carbonyl (C=O) groups is 2. The Morgan fingerprint density at radius 3 is 2.29 bits per heavy atom. The highest BCUT2D eigenvalue weighted by molar-refractivity contribution is 5.95. The Balaban J connectivity index is 2.56. The molecular formula is C17H23NO3. The van der Waals surface area contributed by atoms with E-state index in [4.69, 9.17) is 4.74 Å². The van der Waals surface area contributed by atoms with Gasteiger partial charge in [0, 0.05) is 25.1 Å². The van der Waals surface area contributed by atoms with Gasteiger partial charge in [-0.3, -0.25) is 9.59 Å². The molecular weight excluding hydrogens is 266 g/mol. The zero-order valence-corrected chi connectivity index (χ0v) is 13.0. The molecule has 0 bridgehead atoms. The monoisotopic (exact) mass is 289 g/mol. The lowest BCUT2D eigenvalue weighted by atomic mass is 10.1. The first-order valence-corrected chi connectivity index (χ1v) is 7.16. The van der Waals surface area contributed by atoms with Gasteiger partial charge in [-0.15, -0.1) is 0 Å². The summed E-state index contributed by atoms with van der Waals surface area (Å²) in [6.07, 6.45) is 0.477. The number of carbonyl (C=O) groups excluding carboxylic acids is 2. The quantitative estimate of drug-likeness (QED) is 0.546. The molecule has 1 rings (SSSR count). The van der Waals surface area contributed by atoms with Gasteiger partial charge in [0.1, 0.15) is 5.75 Å². The van der Waals surface area contributed by atoms with Crippen LogP contribution in [0.2, 0.25) is 0 Å². The second-order valence-electron chi connectivity index (χ2n) is 4.95. The Kier molecular flexibility index (Phi) is 6.66.